The first kappa shape index (κ1) is 13.4. The summed E-state index contributed by atoms with van der Waals surface area (Å²) in [6.07, 6.45) is 2.76. The monoisotopic (exact) mass is 291 g/mol. The number of rotatable bonds is 3. The van der Waals surface area contributed by atoms with Crippen molar-refractivity contribution in [2.45, 2.75) is 18.1 Å². The highest BCUT2D eigenvalue weighted by molar-refractivity contribution is 7.92. The maximum absolute atomic E-state index is 11.6. The largest absolute Gasteiger partial charge is 0.381 e. The van der Waals surface area contributed by atoms with Crippen LogP contribution < -0.4 is 10.9 Å². The molecule has 18 heavy (non-hydrogen) atoms. The first-order valence-corrected chi connectivity index (χ1v) is 7.68. The molecule has 0 saturated carbocycles. The van der Waals surface area contributed by atoms with Crippen LogP contribution in [-0.2, 0) is 16.9 Å². The van der Waals surface area contributed by atoms with Crippen LogP contribution >= 0.6 is 11.6 Å². The third-order valence-corrected chi connectivity index (χ3v) is 5.70. The Bertz CT molecular complexity index is 611. The fraction of sp³-hybridized carbons (Fsp3) is 0.600. The number of hydrogen-bond acceptors (Lipinski definition) is 5. The molecule has 1 aromatic rings. The maximum Gasteiger partial charge on any atom is 0.287 e. The van der Waals surface area contributed by atoms with Crippen molar-refractivity contribution in [1.82, 2.24) is 9.78 Å². The number of halogens is 1. The second kappa shape index (κ2) is 4.89. The van der Waals surface area contributed by atoms with Gasteiger partial charge in [-0.05, 0) is 12.8 Å². The molecule has 0 amide bonds. The van der Waals surface area contributed by atoms with Gasteiger partial charge in [-0.15, -0.1) is 0 Å². The summed E-state index contributed by atoms with van der Waals surface area (Å²) in [5.74, 6) is 0.238. The van der Waals surface area contributed by atoms with Crippen LogP contribution in [0.25, 0.3) is 0 Å². The van der Waals surface area contributed by atoms with E-state index in [4.69, 9.17) is 11.6 Å². The number of hydrogen-bond donors (Lipinski definition) is 1. The Kier molecular flexibility index (Phi) is 3.63. The van der Waals surface area contributed by atoms with Crippen LogP contribution in [0.4, 0.5) is 5.69 Å². The second-order valence-corrected chi connectivity index (χ2v) is 7.09. The lowest BCUT2D eigenvalue weighted by Crippen LogP contribution is -2.27. The van der Waals surface area contributed by atoms with E-state index in [1.165, 1.54) is 13.2 Å². The van der Waals surface area contributed by atoms with Crippen LogP contribution in [-0.4, -0.2) is 35.7 Å². The predicted molar refractivity (Wildman–Crippen MR) is 69.8 cm³/mol. The fourth-order valence-corrected chi connectivity index (χ4v) is 3.95. The van der Waals surface area contributed by atoms with Gasteiger partial charge in [0.15, 0.2) is 9.84 Å². The van der Waals surface area contributed by atoms with Crippen molar-refractivity contribution in [3.8, 4) is 0 Å². The third-order valence-electron chi connectivity index (χ3n) is 3.06. The molecule has 0 bridgehead atoms. The minimum Gasteiger partial charge on any atom is -0.381 e. The van der Waals surface area contributed by atoms with E-state index >= 15 is 0 Å². The minimum atomic E-state index is -3.00. The molecule has 1 aliphatic rings. The normalized spacial score (nSPS) is 22.0. The number of aryl methyl sites for hydroxylation is 1. The van der Waals surface area contributed by atoms with E-state index in [9.17, 15) is 13.2 Å². The Hall–Kier alpha value is -1.08. The average molecular weight is 292 g/mol. The highest BCUT2D eigenvalue weighted by atomic mass is 35.5. The van der Waals surface area contributed by atoms with Crippen molar-refractivity contribution in [3.05, 3.63) is 21.6 Å². The molecule has 0 aromatic carbocycles. The highest BCUT2D eigenvalue weighted by Gasteiger charge is 2.31. The molecule has 0 spiro atoms. The first-order valence-electron chi connectivity index (χ1n) is 5.59. The molecule has 8 heteroatoms. The summed E-state index contributed by atoms with van der Waals surface area (Å²) in [6.45, 7) is 0.261. The lowest BCUT2D eigenvalue weighted by atomic mass is 10.2. The molecule has 2 heterocycles. The number of sulfone groups is 1. The zero-order valence-corrected chi connectivity index (χ0v) is 11.5. The molecule has 100 valence electrons. The molecule has 0 aliphatic carbocycles. The van der Waals surface area contributed by atoms with Gasteiger partial charge in [0.25, 0.3) is 5.56 Å². The first-order chi connectivity index (χ1) is 8.42. The van der Waals surface area contributed by atoms with Crippen molar-refractivity contribution < 1.29 is 8.42 Å². The van der Waals surface area contributed by atoms with Gasteiger partial charge in [-0.25, -0.2) is 13.1 Å². The van der Waals surface area contributed by atoms with Gasteiger partial charge in [-0.2, -0.15) is 5.10 Å². The molecule has 1 atom stereocenters. The smallest absolute Gasteiger partial charge is 0.287 e. The zero-order valence-electron chi connectivity index (χ0n) is 9.89. The van der Waals surface area contributed by atoms with Gasteiger partial charge in [-0.1, -0.05) is 11.6 Å². The lowest BCUT2D eigenvalue weighted by molar-refractivity contribution is 0.591. The lowest BCUT2D eigenvalue weighted by Gasteiger charge is -2.12. The number of nitrogens with one attached hydrogen (secondary N) is 1. The van der Waals surface area contributed by atoms with Gasteiger partial charge in [0.1, 0.15) is 5.02 Å². The topological polar surface area (TPSA) is 81.1 Å². The average Bonchev–Trinajstić information content (AvgIpc) is 2.65. The minimum absolute atomic E-state index is 0.0305. The molecule has 1 aromatic heterocycles. The fourth-order valence-electron chi connectivity index (χ4n) is 1.95. The molecule has 0 radical (unpaired) electrons. The summed E-state index contributed by atoms with van der Waals surface area (Å²) >= 11 is 5.87. The van der Waals surface area contributed by atoms with Crippen LogP contribution in [0.3, 0.4) is 0 Å². The summed E-state index contributed by atoms with van der Waals surface area (Å²) in [5.41, 5.74) is -0.0298. The molecular formula is C10H14ClN3O3S. The summed E-state index contributed by atoms with van der Waals surface area (Å²) < 4.78 is 24.4. The summed E-state index contributed by atoms with van der Waals surface area (Å²) in [4.78, 5) is 11.5. The zero-order chi connectivity index (χ0) is 13.3. The van der Waals surface area contributed by atoms with Crippen molar-refractivity contribution in [2.24, 2.45) is 7.05 Å². The van der Waals surface area contributed by atoms with Crippen LogP contribution in [0, 0.1) is 0 Å². The molecule has 1 N–H and O–H groups in total. The van der Waals surface area contributed by atoms with Gasteiger partial charge in [0, 0.05) is 13.6 Å². The van der Waals surface area contributed by atoms with E-state index < -0.39 is 20.6 Å². The maximum atomic E-state index is 11.6. The summed E-state index contributed by atoms with van der Waals surface area (Å²) in [5, 5.41) is 6.35. The van der Waals surface area contributed by atoms with E-state index in [1.807, 2.05) is 0 Å². The Balaban J connectivity index is 2.12. The standard InChI is InChI=1S/C10H14ClN3O3S/c1-14-10(15)9(11)8(6-13-14)12-5-7-3-2-4-18(7,16)17/h6-7,12H,2-5H2,1H3. The molecule has 1 saturated heterocycles. The van der Waals surface area contributed by atoms with Crippen LogP contribution in [0.1, 0.15) is 12.8 Å². The van der Waals surface area contributed by atoms with Crippen LogP contribution in [0.15, 0.2) is 11.0 Å². The van der Waals surface area contributed by atoms with E-state index in [0.717, 1.165) is 4.68 Å². The van der Waals surface area contributed by atoms with Crippen molar-refractivity contribution in [2.75, 3.05) is 17.6 Å². The number of anilines is 1. The summed E-state index contributed by atoms with van der Waals surface area (Å²) in [7, 11) is -1.50. The van der Waals surface area contributed by atoms with Crippen molar-refractivity contribution in [3.63, 3.8) is 0 Å². The SMILES string of the molecule is Cn1ncc(NCC2CCCS2(=O)=O)c(Cl)c1=O. The quantitative estimate of drug-likeness (QED) is 0.873. The Morgan fingerprint density at radius 1 is 1.61 bits per heavy atom. The molecule has 1 aliphatic heterocycles. The molecule has 1 unspecified atom stereocenters. The van der Waals surface area contributed by atoms with Gasteiger partial charge in [0.2, 0.25) is 0 Å². The van der Waals surface area contributed by atoms with Crippen LogP contribution in [0.5, 0.6) is 0 Å². The van der Waals surface area contributed by atoms with E-state index in [1.54, 1.807) is 0 Å². The Morgan fingerprint density at radius 2 is 2.33 bits per heavy atom. The van der Waals surface area contributed by atoms with Gasteiger partial charge in [-0.3, -0.25) is 4.79 Å². The van der Waals surface area contributed by atoms with Gasteiger partial charge in [0.05, 0.1) is 22.9 Å². The highest BCUT2D eigenvalue weighted by Crippen LogP contribution is 2.22. The predicted octanol–water partition coefficient (Wildman–Crippen LogP) is 0.423. The molecule has 1 fully saturated rings. The number of nitrogens with zero attached hydrogens (tertiary/aromatic N) is 2. The summed E-state index contributed by atoms with van der Waals surface area (Å²) in [6, 6.07) is 0. The molecular weight excluding hydrogens is 278 g/mol. The van der Waals surface area contributed by atoms with Crippen molar-refractivity contribution >= 4 is 27.1 Å². The van der Waals surface area contributed by atoms with Crippen LogP contribution in [0.2, 0.25) is 5.02 Å². The molecule has 2 rings (SSSR count). The van der Waals surface area contributed by atoms with Crippen molar-refractivity contribution in [1.29, 1.82) is 0 Å². The second-order valence-electron chi connectivity index (χ2n) is 4.31. The van der Waals surface area contributed by atoms with Gasteiger partial charge < -0.3 is 5.32 Å². The van der Waals surface area contributed by atoms with Gasteiger partial charge >= 0.3 is 0 Å². The van der Waals surface area contributed by atoms with E-state index in [-0.39, 0.29) is 17.3 Å². The number of aromatic nitrogens is 2. The Labute approximate surface area is 110 Å². The van der Waals surface area contributed by atoms with E-state index in [2.05, 4.69) is 10.4 Å². The Morgan fingerprint density at radius 3 is 2.94 bits per heavy atom. The molecule has 6 nitrogen and oxygen atoms in total. The third kappa shape index (κ3) is 2.51. The van der Waals surface area contributed by atoms with E-state index in [0.29, 0.717) is 18.5 Å².